The van der Waals surface area contributed by atoms with Gasteiger partial charge in [-0.2, -0.15) is 0 Å². The molecule has 0 atom stereocenters. The maximum absolute atomic E-state index is 11.7. The molecular weight excluding hydrogens is 276 g/mol. The predicted octanol–water partition coefficient (Wildman–Crippen LogP) is 1.52. The van der Waals surface area contributed by atoms with Crippen LogP contribution in [-0.2, 0) is 11.2 Å². The monoisotopic (exact) mass is 296 g/mol. The summed E-state index contributed by atoms with van der Waals surface area (Å²) < 4.78 is 0. The molecule has 7 heteroatoms. The third-order valence-electron chi connectivity index (χ3n) is 3.07. The van der Waals surface area contributed by atoms with Crippen LogP contribution in [0.3, 0.4) is 0 Å². The summed E-state index contributed by atoms with van der Waals surface area (Å²) in [5.74, 6) is -0.0103. The number of hydrogen-bond acceptors (Lipinski definition) is 4. The molecule has 2 heterocycles. The van der Waals surface area contributed by atoms with Crippen molar-refractivity contribution < 1.29 is 9.59 Å². The van der Waals surface area contributed by atoms with E-state index in [0.717, 1.165) is 31.5 Å². The summed E-state index contributed by atoms with van der Waals surface area (Å²) in [7, 11) is 0. The van der Waals surface area contributed by atoms with Crippen molar-refractivity contribution in [2.75, 3.05) is 24.5 Å². The first kappa shape index (κ1) is 14.8. The molecule has 1 aromatic rings. The molecule has 2 N–H and O–H groups in total. The maximum Gasteiger partial charge on any atom is 0.323 e. The zero-order valence-electron chi connectivity index (χ0n) is 11.6. The lowest BCUT2D eigenvalue weighted by atomic mass is 10.2. The summed E-state index contributed by atoms with van der Waals surface area (Å²) in [5.41, 5.74) is 0.720. The number of nitrogens with zero attached hydrogens (tertiary/aromatic N) is 2. The molecule has 2 rings (SSSR count). The fourth-order valence-corrected chi connectivity index (χ4v) is 2.83. The van der Waals surface area contributed by atoms with Gasteiger partial charge in [0.1, 0.15) is 0 Å². The Labute approximate surface area is 122 Å². The normalized spacial score (nSPS) is 14.4. The molecule has 0 spiro atoms. The number of anilines is 1. The largest absolute Gasteiger partial charge is 0.356 e. The van der Waals surface area contributed by atoms with Gasteiger partial charge in [-0.15, -0.1) is 11.3 Å². The molecule has 0 aromatic carbocycles. The molecule has 1 aliphatic heterocycles. The number of thiazole rings is 1. The number of carbonyl (C=O) groups is 2. The van der Waals surface area contributed by atoms with Gasteiger partial charge in [0.25, 0.3) is 0 Å². The Morgan fingerprint density at radius 3 is 3.10 bits per heavy atom. The number of hydrogen-bond donors (Lipinski definition) is 2. The maximum atomic E-state index is 11.7. The molecule has 1 saturated heterocycles. The van der Waals surface area contributed by atoms with E-state index in [0.29, 0.717) is 18.2 Å². The molecule has 1 aliphatic rings. The van der Waals surface area contributed by atoms with Crippen LogP contribution in [0.15, 0.2) is 5.38 Å². The number of aromatic nitrogens is 1. The Kier molecular flexibility index (Phi) is 5.34. The Balaban J connectivity index is 1.80. The fraction of sp³-hybridized carbons (Fsp3) is 0.615. The van der Waals surface area contributed by atoms with Crippen LogP contribution in [0.25, 0.3) is 0 Å². The molecule has 110 valence electrons. The zero-order valence-corrected chi connectivity index (χ0v) is 12.5. The number of carbonyl (C=O) groups excluding carboxylic acids is 2. The second-order valence-corrected chi connectivity index (χ2v) is 5.58. The molecule has 0 bridgehead atoms. The molecule has 20 heavy (non-hydrogen) atoms. The zero-order chi connectivity index (χ0) is 14.4. The van der Waals surface area contributed by atoms with Crippen molar-refractivity contribution in [1.82, 2.24) is 15.6 Å². The molecule has 1 aromatic heterocycles. The molecular formula is C13H20N4O2S. The molecule has 0 saturated carbocycles. The van der Waals surface area contributed by atoms with Crippen LogP contribution < -0.4 is 15.5 Å². The van der Waals surface area contributed by atoms with Crippen LogP contribution in [0.2, 0.25) is 0 Å². The highest BCUT2D eigenvalue weighted by Gasteiger charge is 2.23. The van der Waals surface area contributed by atoms with Crippen LogP contribution in [0, 0.1) is 0 Å². The minimum absolute atomic E-state index is 0.0103. The average molecular weight is 296 g/mol. The number of urea groups is 1. The third-order valence-corrected chi connectivity index (χ3v) is 3.98. The molecule has 0 unspecified atom stereocenters. The van der Waals surface area contributed by atoms with Gasteiger partial charge in [0.05, 0.1) is 12.1 Å². The van der Waals surface area contributed by atoms with Crippen LogP contribution in [0.1, 0.15) is 31.9 Å². The number of unbranched alkanes of at least 4 members (excludes halogenated alkanes) is 2. The Hall–Kier alpha value is -1.63. The van der Waals surface area contributed by atoms with E-state index in [2.05, 4.69) is 22.5 Å². The first-order valence-corrected chi connectivity index (χ1v) is 7.85. The summed E-state index contributed by atoms with van der Waals surface area (Å²) in [4.78, 5) is 29.2. The number of rotatable bonds is 7. The lowest BCUT2D eigenvalue weighted by Gasteiger charge is -2.08. The van der Waals surface area contributed by atoms with E-state index >= 15 is 0 Å². The standard InChI is InChI=1S/C13H20N4O2S/c1-2-3-4-5-14-11(18)8-10-9-20-13(16-10)17-7-6-15-12(17)19/h9H,2-8H2,1H3,(H,14,18)(H,15,19). The highest BCUT2D eigenvalue weighted by Crippen LogP contribution is 2.22. The predicted molar refractivity (Wildman–Crippen MR) is 79.1 cm³/mol. The third kappa shape index (κ3) is 3.93. The van der Waals surface area contributed by atoms with E-state index in [1.54, 1.807) is 4.90 Å². The minimum atomic E-state index is -0.116. The van der Waals surface area contributed by atoms with Crippen LogP contribution in [-0.4, -0.2) is 36.6 Å². The molecule has 0 aliphatic carbocycles. The number of amides is 3. The summed E-state index contributed by atoms with van der Waals surface area (Å²) in [6.07, 6.45) is 3.56. The van der Waals surface area contributed by atoms with E-state index < -0.39 is 0 Å². The Bertz CT molecular complexity index is 475. The van der Waals surface area contributed by atoms with Gasteiger partial charge in [0.2, 0.25) is 5.91 Å². The van der Waals surface area contributed by atoms with E-state index in [1.165, 1.54) is 11.3 Å². The summed E-state index contributed by atoms with van der Waals surface area (Å²) in [5, 5.41) is 8.12. The van der Waals surface area contributed by atoms with Gasteiger partial charge in [-0.1, -0.05) is 19.8 Å². The Morgan fingerprint density at radius 1 is 1.55 bits per heavy atom. The van der Waals surface area contributed by atoms with Crippen molar-refractivity contribution in [3.8, 4) is 0 Å². The van der Waals surface area contributed by atoms with Crippen molar-refractivity contribution in [1.29, 1.82) is 0 Å². The SMILES string of the molecule is CCCCCNC(=O)Cc1csc(N2CCNC2=O)n1. The lowest BCUT2D eigenvalue weighted by molar-refractivity contribution is -0.120. The highest BCUT2D eigenvalue weighted by atomic mass is 32.1. The summed E-state index contributed by atoms with van der Waals surface area (Å²) >= 11 is 1.40. The van der Waals surface area contributed by atoms with Crippen LogP contribution in [0.4, 0.5) is 9.93 Å². The van der Waals surface area contributed by atoms with Crippen molar-refractivity contribution in [3.63, 3.8) is 0 Å². The van der Waals surface area contributed by atoms with Crippen LogP contribution >= 0.6 is 11.3 Å². The van der Waals surface area contributed by atoms with Gasteiger partial charge in [-0.25, -0.2) is 9.78 Å². The van der Waals surface area contributed by atoms with E-state index in [-0.39, 0.29) is 18.4 Å². The van der Waals surface area contributed by atoms with Gasteiger partial charge < -0.3 is 10.6 Å². The van der Waals surface area contributed by atoms with Crippen LogP contribution in [0.5, 0.6) is 0 Å². The second-order valence-electron chi connectivity index (χ2n) is 4.74. The van der Waals surface area contributed by atoms with E-state index in [1.807, 2.05) is 5.38 Å². The second kappa shape index (κ2) is 7.23. The molecule has 6 nitrogen and oxygen atoms in total. The van der Waals surface area contributed by atoms with Gasteiger partial charge in [-0.05, 0) is 6.42 Å². The van der Waals surface area contributed by atoms with Gasteiger partial charge in [0.15, 0.2) is 5.13 Å². The van der Waals surface area contributed by atoms with Crippen molar-refractivity contribution in [2.24, 2.45) is 0 Å². The summed E-state index contributed by atoms with van der Waals surface area (Å²) in [6, 6.07) is -0.116. The van der Waals surface area contributed by atoms with Gasteiger partial charge in [0, 0.05) is 25.0 Å². The molecule has 3 amide bonds. The van der Waals surface area contributed by atoms with Gasteiger partial charge in [-0.3, -0.25) is 9.69 Å². The first-order chi connectivity index (χ1) is 9.70. The Morgan fingerprint density at radius 2 is 2.40 bits per heavy atom. The average Bonchev–Trinajstić information content (AvgIpc) is 3.03. The van der Waals surface area contributed by atoms with E-state index in [9.17, 15) is 9.59 Å². The first-order valence-electron chi connectivity index (χ1n) is 6.97. The molecule has 0 radical (unpaired) electrons. The summed E-state index contributed by atoms with van der Waals surface area (Å²) in [6.45, 7) is 4.13. The minimum Gasteiger partial charge on any atom is -0.356 e. The topological polar surface area (TPSA) is 74.3 Å². The lowest BCUT2D eigenvalue weighted by Crippen LogP contribution is -2.28. The van der Waals surface area contributed by atoms with Gasteiger partial charge >= 0.3 is 6.03 Å². The highest BCUT2D eigenvalue weighted by molar-refractivity contribution is 7.14. The van der Waals surface area contributed by atoms with Crippen molar-refractivity contribution >= 4 is 28.4 Å². The van der Waals surface area contributed by atoms with E-state index in [4.69, 9.17) is 0 Å². The van der Waals surface area contributed by atoms with Crippen molar-refractivity contribution in [3.05, 3.63) is 11.1 Å². The number of nitrogens with one attached hydrogen (secondary N) is 2. The van der Waals surface area contributed by atoms with Crippen molar-refractivity contribution in [2.45, 2.75) is 32.6 Å². The quantitative estimate of drug-likeness (QED) is 0.749. The smallest absolute Gasteiger partial charge is 0.323 e. The molecule has 1 fully saturated rings. The fourth-order valence-electron chi connectivity index (χ4n) is 1.99.